The maximum atomic E-state index is 14.4. The molecule has 144 valence electrons. The van der Waals surface area contributed by atoms with Gasteiger partial charge in [0.25, 0.3) is 0 Å². The fourth-order valence-electron chi connectivity index (χ4n) is 3.09. The summed E-state index contributed by atoms with van der Waals surface area (Å²) in [6.07, 6.45) is 11.8. The smallest absolute Gasteiger partial charge is 0.221 e. The van der Waals surface area contributed by atoms with Gasteiger partial charge < -0.3 is 9.84 Å². The molecule has 1 N–H and O–H groups in total. The second-order valence-electron chi connectivity index (χ2n) is 6.94. The van der Waals surface area contributed by atoms with E-state index in [0.29, 0.717) is 17.7 Å². The predicted molar refractivity (Wildman–Crippen MR) is 102 cm³/mol. The molecule has 4 heteroatoms. The van der Waals surface area contributed by atoms with Crippen LogP contribution in [0.2, 0.25) is 0 Å². The number of benzene rings is 1. The first-order valence-corrected chi connectivity index (χ1v) is 9.72. The summed E-state index contributed by atoms with van der Waals surface area (Å²) in [5.41, 5.74) is 1.12. The molecule has 1 aliphatic carbocycles. The molecule has 0 saturated carbocycles. The average molecular weight is 364 g/mol. The summed E-state index contributed by atoms with van der Waals surface area (Å²) in [6, 6.07) is 5.96. The number of hydrogen-bond acceptors (Lipinski definition) is 2. The van der Waals surface area contributed by atoms with Crippen molar-refractivity contribution in [3.63, 3.8) is 0 Å². The monoisotopic (exact) mass is 364 g/mol. The second kappa shape index (κ2) is 10.6. The average Bonchev–Trinajstić information content (AvgIpc) is 2.63. The molecular formula is C22H30F2O2. The van der Waals surface area contributed by atoms with E-state index in [-0.39, 0.29) is 5.82 Å². The van der Waals surface area contributed by atoms with Crippen molar-refractivity contribution in [2.75, 3.05) is 6.61 Å². The van der Waals surface area contributed by atoms with E-state index in [4.69, 9.17) is 4.74 Å². The maximum absolute atomic E-state index is 14.4. The highest BCUT2D eigenvalue weighted by Crippen LogP contribution is 2.30. The fraction of sp³-hybridized carbons (Fsp3) is 0.545. The van der Waals surface area contributed by atoms with E-state index in [1.165, 1.54) is 56.4 Å². The van der Waals surface area contributed by atoms with Crippen LogP contribution >= 0.6 is 0 Å². The largest absolute Gasteiger partial charge is 0.360 e. The molecule has 0 saturated heterocycles. The van der Waals surface area contributed by atoms with Crippen LogP contribution in [0.15, 0.2) is 42.5 Å². The van der Waals surface area contributed by atoms with Crippen molar-refractivity contribution in [3.8, 4) is 0 Å². The van der Waals surface area contributed by atoms with Crippen LogP contribution in [-0.4, -0.2) is 23.7 Å². The van der Waals surface area contributed by atoms with Crippen LogP contribution < -0.4 is 0 Å². The quantitative estimate of drug-likeness (QED) is 0.387. The number of aliphatic hydroxyl groups is 1. The first kappa shape index (κ1) is 20.8. The minimum Gasteiger partial charge on any atom is -0.360 e. The lowest BCUT2D eigenvalue weighted by Crippen LogP contribution is -2.41. The second-order valence-corrected chi connectivity index (χ2v) is 6.94. The van der Waals surface area contributed by atoms with Crippen molar-refractivity contribution in [1.82, 2.24) is 0 Å². The Kier molecular flexibility index (Phi) is 8.46. The van der Waals surface area contributed by atoms with Gasteiger partial charge in [0.1, 0.15) is 5.82 Å². The summed E-state index contributed by atoms with van der Waals surface area (Å²) >= 11 is 0. The molecule has 2 unspecified atom stereocenters. The van der Waals surface area contributed by atoms with Crippen molar-refractivity contribution in [2.24, 2.45) is 0 Å². The van der Waals surface area contributed by atoms with E-state index >= 15 is 0 Å². The molecule has 26 heavy (non-hydrogen) atoms. The molecule has 0 spiro atoms. The topological polar surface area (TPSA) is 29.5 Å². The Bertz CT molecular complexity index is 612. The van der Waals surface area contributed by atoms with Crippen LogP contribution in [0.3, 0.4) is 0 Å². The molecule has 0 radical (unpaired) electrons. The van der Waals surface area contributed by atoms with Crippen LogP contribution in [0, 0.1) is 5.82 Å². The Morgan fingerprint density at radius 1 is 1.08 bits per heavy atom. The van der Waals surface area contributed by atoms with Crippen LogP contribution in [0.25, 0.3) is 5.57 Å². The first-order chi connectivity index (χ1) is 12.5. The summed E-state index contributed by atoms with van der Waals surface area (Å²) < 4.78 is 33.1. The van der Waals surface area contributed by atoms with Crippen LogP contribution in [0.4, 0.5) is 8.78 Å². The minimum atomic E-state index is -1.93. The number of halogens is 2. The van der Waals surface area contributed by atoms with Crippen molar-refractivity contribution >= 4 is 5.57 Å². The van der Waals surface area contributed by atoms with Crippen molar-refractivity contribution < 1.29 is 18.6 Å². The number of ether oxygens (including phenoxy) is 1. The van der Waals surface area contributed by atoms with E-state index in [1.54, 1.807) is 18.2 Å². The molecule has 0 aromatic heterocycles. The molecule has 0 fully saturated rings. The molecule has 2 atom stereocenters. The molecule has 1 aromatic carbocycles. The fourth-order valence-corrected chi connectivity index (χ4v) is 3.09. The lowest BCUT2D eigenvalue weighted by atomic mass is 9.95. The van der Waals surface area contributed by atoms with Gasteiger partial charge in [0, 0.05) is 0 Å². The lowest BCUT2D eigenvalue weighted by molar-refractivity contribution is -0.195. The Morgan fingerprint density at radius 2 is 1.77 bits per heavy atom. The zero-order valence-electron chi connectivity index (χ0n) is 15.6. The van der Waals surface area contributed by atoms with Crippen LogP contribution in [0.1, 0.15) is 63.9 Å². The van der Waals surface area contributed by atoms with E-state index in [9.17, 15) is 13.9 Å². The lowest BCUT2D eigenvalue weighted by Gasteiger charge is -2.30. The molecule has 1 aliphatic rings. The van der Waals surface area contributed by atoms with Gasteiger partial charge in [0.15, 0.2) is 6.17 Å². The Morgan fingerprint density at radius 3 is 2.42 bits per heavy atom. The van der Waals surface area contributed by atoms with Gasteiger partial charge in [-0.2, -0.15) is 0 Å². The van der Waals surface area contributed by atoms with E-state index in [2.05, 4.69) is 6.92 Å². The maximum Gasteiger partial charge on any atom is 0.221 e. The third kappa shape index (κ3) is 6.33. The summed E-state index contributed by atoms with van der Waals surface area (Å²) in [6.45, 7) is 2.52. The van der Waals surface area contributed by atoms with Gasteiger partial charge in [-0.1, -0.05) is 70.1 Å². The van der Waals surface area contributed by atoms with Gasteiger partial charge in [-0.05, 0) is 41.8 Å². The van der Waals surface area contributed by atoms with Gasteiger partial charge >= 0.3 is 0 Å². The highest BCUT2D eigenvalue weighted by Gasteiger charge is 2.37. The molecule has 0 bridgehead atoms. The number of allylic oxidation sites excluding steroid dienone is 2. The number of rotatable bonds is 11. The molecule has 0 heterocycles. The Labute approximate surface area is 155 Å². The van der Waals surface area contributed by atoms with Gasteiger partial charge in [0.05, 0.1) is 6.61 Å². The van der Waals surface area contributed by atoms with Gasteiger partial charge in [-0.3, -0.25) is 0 Å². The number of unbranched alkanes of at least 4 members (excludes halogenated alkanes) is 7. The summed E-state index contributed by atoms with van der Waals surface area (Å²) in [5.74, 6) is -2.31. The highest BCUT2D eigenvalue weighted by molar-refractivity contribution is 5.76. The highest BCUT2D eigenvalue weighted by atomic mass is 19.1. The molecule has 2 rings (SSSR count). The standard InChI is InChI=1S/C22H30F2O2/c1-2-3-4-5-6-7-8-9-15-26-22(25)14-13-19(17-21(22)24)18-11-10-12-20(23)16-18/h10-14,16-17,21,25H,2-9,15H2,1H3. The van der Waals surface area contributed by atoms with Crippen LogP contribution in [-0.2, 0) is 4.74 Å². The molecule has 2 nitrogen and oxygen atoms in total. The zero-order chi connectivity index (χ0) is 18.8. The summed E-state index contributed by atoms with van der Waals surface area (Å²) in [5, 5.41) is 10.4. The summed E-state index contributed by atoms with van der Waals surface area (Å²) in [7, 11) is 0. The number of hydrogen-bond donors (Lipinski definition) is 1. The Hall–Kier alpha value is -1.52. The molecular weight excluding hydrogens is 334 g/mol. The van der Waals surface area contributed by atoms with E-state index in [1.807, 2.05) is 0 Å². The van der Waals surface area contributed by atoms with E-state index < -0.39 is 12.0 Å². The van der Waals surface area contributed by atoms with Gasteiger partial charge in [-0.15, -0.1) is 0 Å². The first-order valence-electron chi connectivity index (χ1n) is 9.72. The third-order valence-electron chi connectivity index (χ3n) is 4.71. The number of alkyl halides is 1. The van der Waals surface area contributed by atoms with Gasteiger partial charge in [0.2, 0.25) is 5.79 Å². The Balaban J connectivity index is 1.73. The molecule has 0 amide bonds. The van der Waals surface area contributed by atoms with Crippen molar-refractivity contribution in [3.05, 3.63) is 53.9 Å². The van der Waals surface area contributed by atoms with Crippen molar-refractivity contribution in [1.29, 1.82) is 0 Å². The zero-order valence-corrected chi connectivity index (χ0v) is 15.6. The van der Waals surface area contributed by atoms with Gasteiger partial charge in [-0.25, -0.2) is 8.78 Å². The molecule has 1 aromatic rings. The predicted octanol–water partition coefficient (Wildman–Crippen LogP) is 5.96. The third-order valence-corrected chi connectivity index (χ3v) is 4.71. The minimum absolute atomic E-state index is 0.319. The van der Waals surface area contributed by atoms with Crippen molar-refractivity contribution in [2.45, 2.75) is 70.2 Å². The van der Waals surface area contributed by atoms with E-state index in [0.717, 1.165) is 19.3 Å². The normalized spacial score (nSPS) is 22.5. The summed E-state index contributed by atoms with van der Waals surface area (Å²) in [4.78, 5) is 0. The van der Waals surface area contributed by atoms with Crippen LogP contribution in [0.5, 0.6) is 0 Å². The molecule has 0 aliphatic heterocycles. The SMILES string of the molecule is CCCCCCCCCCOC1(O)C=CC(c2cccc(F)c2)=CC1F.